The predicted molar refractivity (Wildman–Crippen MR) is 217 cm³/mol. The van der Waals surface area contributed by atoms with Gasteiger partial charge in [-0.2, -0.15) is 0 Å². The number of fused-ring (bicyclic) bond motifs is 6. The Balaban J connectivity index is 0.996. The van der Waals surface area contributed by atoms with Gasteiger partial charge in [0.2, 0.25) is 0 Å². The maximum absolute atomic E-state index is 5.19. The van der Waals surface area contributed by atoms with Crippen LogP contribution < -0.4 is 0 Å². The van der Waals surface area contributed by atoms with Crippen LogP contribution in [-0.4, -0.2) is 15.0 Å². The van der Waals surface area contributed by atoms with E-state index in [0.29, 0.717) is 0 Å². The van der Waals surface area contributed by atoms with Crippen molar-refractivity contribution in [2.75, 3.05) is 0 Å². The van der Waals surface area contributed by atoms with Crippen LogP contribution in [0, 0.1) is 0 Å². The summed E-state index contributed by atoms with van der Waals surface area (Å²) in [6, 6.07) is 66.2. The first kappa shape index (κ1) is 29.9. The van der Waals surface area contributed by atoms with Crippen molar-refractivity contribution in [2.24, 2.45) is 0 Å². The van der Waals surface area contributed by atoms with E-state index in [1.165, 1.54) is 32.7 Å². The molecule has 0 amide bonds. The van der Waals surface area contributed by atoms with Crippen LogP contribution in [0.1, 0.15) is 0 Å². The predicted octanol–water partition coefficient (Wildman–Crippen LogP) is 12.8. The molecule has 8 aromatic carbocycles. The van der Waals surface area contributed by atoms with Crippen molar-refractivity contribution in [1.29, 1.82) is 0 Å². The largest absolute Gasteiger partial charge is 0.247 e. The van der Waals surface area contributed by atoms with Crippen LogP contribution >= 0.6 is 0 Å². The van der Waals surface area contributed by atoms with Crippen LogP contribution in [0.2, 0.25) is 0 Å². The van der Waals surface area contributed by atoms with E-state index in [4.69, 9.17) is 15.0 Å². The quantitative estimate of drug-likeness (QED) is 0.172. The number of aromatic nitrogens is 3. The summed E-state index contributed by atoms with van der Waals surface area (Å²) in [6.07, 6.45) is 0. The zero-order valence-electron chi connectivity index (χ0n) is 28.2. The van der Waals surface area contributed by atoms with Gasteiger partial charge >= 0.3 is 0 Å². The lowest BCUT2D eigenvalue weighted by Crippen LogP contribution is -1.95. The molecule has 0 saturated heterocycles. The first-order chi connectivity index (χ1) is 25.8. The van der Waals surface area contributed by atoms with Gasteiger partial charge in [-0.15, -0.1) is 0 Å². The molecule has 0 unspecified atom stereocenters. The molecule has 10 aromatic rings. The molecule has 3 heteroatoms. The summed E-state index contributed by atoms with van der Waals surface area (Å²) in [5, 5.41) is 7.12. The van der Waals surface area contributed by atoms with Gasteiger partial charge in [0.15, 0.2) is 5.82 Å². The summed E-state index contributed by atoms with van der Waals surface area (Å²) in [7, 11) is 0. The molecule has 0 fully saturated rings. The fourth-order valence-electron chi connectivity index (χ4n) is 7.45. The van der Waals surface area contributed by atoms with Crippen molar-refractivity contribution >= 4 is 43.4 Å². The molecule has 0 aliphatic rings. The number of rotatable bonds is 5. The molecular weight excluding hydrogens is 631 g/mol. The Morgan fingerprint density at radius 3 is 1.37 bits per heavy atom. The number of benzene rings is 8. The normalized spacial score (nSPS) is 11.5. The van der Waals surface area contributed by atoms with Crippen LogP contribution in [-0.2, 0) is 0 Å². The van der Waals surface area contributed by atoms with Gasteiger partial charge in [0.25, 0.3) is 0 Å². The molecule has 2 heterocycles. The number of hydrogen-bond donors (Lipinski definition) is 0. The Bertz CT molecular complexity index is 2900. The maximum atomic E-state index is 5.19. The molecule has 242 valence electrons. The molecule has 0 N–H and O–H groups in total. The Kier molecular flexibility index (Phi) is 7.14. The SMILES string of the molecule is c1ccc(-c2ccc(-c3nc(-c4ccc(-c5ccc(-c6nc7ccccc7c7c6ccc6ccccc67)cc5)cc4)c4ccccc4n3)cc2)cc1. The smallest absolute Gasteiger partial charge is 0.160 e. The third-order valence-corrected chi connectivity index (χ3v) is 10.1. The monoisotopic (exact) mass is 661 g/mol. The Labute approximate surface area is 301 Å². The van der Waals surface area contributed by atoms with E-state index in [1.807, 2.05) is 12.1 Å². The minimum Gasteiger partial charge on any atom is -0.247 e. The molecule has 0 radical (unpaired) electrons. The number of nitrogens with zero attached hydrogens (tertiary/aromatic N) is 3. The molecule has 0 aliphatic heterocycles. The van der Waals surface area contributed by atoms with Crippen molar-refractivity contribution in [3.8, 4) is 56.2 Å². The second-order valence-electron chi connectivity index (χ2n) is 13.2. The van der Waals surface area contributed by atoms with Gasteiger partial charge in [0, 0.05) is 38.2 Å². The summed E-state index contributed by atoms with van der Waals surface area (Å²) >= 11 is 0. The van der Waals surface area contributed by atoms with Crippen LogP contribution in [0.4, 0.5) is 0 Å². The topological polar surface area (TPSA) is 38.7 Å². The average molecular weight is 662 g/mol. The van der Waals surface area contributed by atoms with Crippen molar-refractivity contribution in [2.45, 2.75) is 0 Å². The standard InChI is InChI=1S/C49H31N3/c1-2-10-32(11-3-1)33-22-28-39(29-23-33)49-51-45-17-9-7-15-42(45)47(52-49)37-24-18-34(19-25-37)35-20-26-38(27-21-35)48-43-31-30-36-12-4-5-13-40(36)46(43)41-14-6-8-16-44(41)50-48/h1-31H. The third kappa shape index (κ3) is 5.19. The second-order valence-corrected chi connectivity index (χ2v) is 13.2. The number of pyridine rings is 1. The Morgan fingerprint density at radius 2 is 0.712 bits per heavy atom. The average Bonchev–Trinajstić information content (AvgIpc) is 3.23. The molecule has 3 nitrogen and oxygen atoms in total. The van der Waals surface area contributed by atoms with Crippen LogP contribution in [0.5, 0.6) is 0 Å². The summed E-state index contributed by atoms with van der Waals surface area (Å²) in [4.78, 5) is 15.3. The zero-order chi connectivity index (χ0) is 34.4. The number of hydrogen-bond acceptors (Lipinski definition) is 3. The van der Waals surface area contributed by atoms with E-state index in [0.717, 1.165) is 66.8 Å². The first-order valence-corrected chi connectivity index (χ1v) is 17.6. The molecule has 0 saturated carbocycles. The van der Waals surface area contributed by atoms with E-state index in [1.54, 1.807) is 0 Å². The Morgan fingerprint density at radius 1 is 0.250 bits per heavy atom. The van der Waals surface area contributed by atoms with Crippen molar-refractivity contribution in [3.63, 3.8) is 0 Å². The van der Waals surface area contributed by atoms with Gasteiger partial charge in [-0.05, 0) is 45.2 Å². The minimum absolute atomic E-state index is 0.718. The van der Waals surface area contributed by atoms with Gasteiger partial charge in [-0.1, -0.05) is 176 Å². The van der Waals surface area contributed by atoms with Gasteiger partial charge in [-0.25, -0.2) is 15.0 Å². The Hall–Kier alpha value is -6.97. The fraction of sp³-hybridized carbons (Fsp3) is 0. The highest BCUT2D eigenvalue weighted by molar-refractivity contribution is 6.22. The second kappa shape index (κ2) is 12.4. The minimum atomic E-state index is 0.718. The molecule has 0 atom stereocenters. The van der Waals surface area contributed by atoms with Gasteiger partial charge in [-0.3, -0.25) is 0 Å². The van der Waals surface area contributed by atoms with Gasteiger partial charge < -0.3 is 0 Å². The van der Waals surface area contributed by atoms with Crippen molar-refractivity contribution in [1.82, 2.24) is 15.0 Å². The van der Waals surface area contributed by atoms with E-state index in [9.17, 15) is 0 Å². The lowest BCUT2D eigenvalue weighted by atomic mass is 9.94. The fourth-order valence-corrected chi connectivity index (χ4v) is 7.45. The highest BCUT2D eigenvalue weighted by Gasteiger charge is 2.15. The molecule has 0 bridgehead atoms. The zero-order valence-corrected chi connectivity index (χ0v) is 28.2. The lowest BCUT2D eigenvalue weighted by molar-refractivity contribution is 1.23. The molecule has 10 rings (SSSR count). The summed E-state index contributed by atoms with van der Waals surface area (Å²) < 4.78 is 0. The van der Waals surface area contributed by atoms with E-state index >= 15 is 0 Å². The van der Waals surface area contributed by atoms with Crippen LogP contribution in [0.25, 0.3) is 99.5 Å². The molecular formula is C49H31N3. The van der Waals surface area contributed by atoms with Crippen LogP contribution in [0.15, 0.2) is 188 Å². The molecule has 0 spiro atoms. The first-order valence-electron chi connectivity index (χ1n) is 17.6. The highest BCUT2D eigenvalue weighted by Crippen LogP contribution is 2.38. The van der Waals surface area contributed by atoms with Crippen LogP contribution in [0.3, 0.4) is 0 Å². The third-order valence-electron chi connectivity index (χ3n) is 10.1. The van der Waals surface area contributed by atoms with Gasteiger partial charge in [0.05, 0.1) is 22.4 Å². The summed E-state index contributed by atoms with van der Waals surface area (Å²) in [5.41, 5.74) is 11.7. The summed E-state index contributed by atoms with van der Waals surface area (Å²) in [6.45, 7) is 0. The lowest BCUT2D eigenvalue weighted by Gasteiger charge is -2.13. The van der Waals surface area contributed by atoms with E-state index < -0.39 is 0 Å². The van der Waals surface area contributed by atoms with E-state index in [-0.39, 0.29) is 0 Å². The highest BCUT2D eigenvalue weighted by atomic mass is 14.9. The van der Waals surface area contributed by atoms with Crippen molar-refractivity contribution in [3.05, 3.63) is 188 Å². The summed E-state index contributed by atoms with van der Waals surface area (Å²) in [5.74, 6) is 0.718. The molecule has 52 heavy (non-hydrogen) atoms. The molecule has 2 aromatic heterocycles. The molecule has 0 aliphatic carbocycles. The van der Waals surface area contributed by atoms with Crippen molar-refractivity contribution < 1.29 is 0 Å². The number of para-hydroxylation sites is 2. The maximum Gasteiger partial charge on any atom is 0.160 e. The van der Waals surface area contributed by atoms with Gasteiger partial charge in [0.1, 0.15) is 0 Å². The van der Waals surface area contributed by atoms with E-state index in [2.05, 4.69) is 176 Å².